The molecule has 4 heteroatoms. The van der Waals surface area contributed by atoms with Crippen molar-refractivity contribution in [3.63, 3.8) is 0 Å². The van der Waals surface area contributed by atoms with E-state index < -0.39 is 5.97 Å². The van der Waals surface area contributed by atoms with Crippen molar-refractivity contribution >= 4 is 11.8 Å². The Morgan fingerprint density at radius 2 is 1.86 bits per heavy atom. The van der Waals surface area contributed by atoms with Crippen LogP contribution < -0.4 is 4.90 Å². The SMILES string of the molecule is CCCc1cc(C(=O)O)cc(N(CC2CC2)CC2CC2)n1. The lowest BCUT2D eigenvalue weighted by Gasteiger charge is -2.24. The molecule has 0 spiro atoms. The van der Waals surface area contributed by atoms with Gasteiger partial charge >= 0.3 is 5.97 Å². The second kappa shape index (κ2) is 6.04. The molecule has 3 rings (SSSR count). The third-order valence-corrected chi connectivity index (χ3v) is 4.29. The third kappa shape index (κ3) is 3.96. The van der Waals surface area contributed by atoms with Crippen molar-refractivity contribution < 1.29 is 9.90 Å². The Hall–Kier alpha value is -1.58. The largest absolute Gasteiger partial charge is 0.478 e. The topological polar surface area (TPSA) is 53.4 Å². The lowest BCUT2D eigenvalue weighted by molar-refractivity contribution is 0.0696. The van der Waals surface area contributed by atoms with Crippen LogP contribution in [-0.2, 0) is 6.42 Å². The highest BCUT2D eigenvalue weighted by Gasteiger charge is 2.30. The molecule has 1 aromatic rings. The molecule has 114 valence electrons. The van der Waals surface area contributed by atoms with E-state index in [2.05, 4.69) is 11.8 Å². The Kier molecular flexibility index (Phi) is 4.13. The average Bonchev–Trinajstić information content (AvgIpc) is 3.33. The first-order valence-corrected chi connectivity index (χ1v) is 8.15. The van der Waals surface area contributed by atoms with Gasteiger partial charge in [0.05, 0.1) is 5.56 Å². The molecule has 21 heavy (non-hydrogen) atoms. The molecule has 0 unspecified atom stereocenters. The molecule has 0 radical (unpaired) electrons. The second-order valence-electron chi connectivity index (χ2n) is 6.55. The highest BCUT2D eigenvalue weighted by Crippen LogP contribution is 2.35. The Morgan fingerprint density at radius 1 is 1.24 bits per heavy atom. The standard InChI is InChI=1S/C17H24N2O2/c1-2-3-15-8-14(17(20)21)9-16(18-15)19(10-12-4-5-12)11-13-6-7-13/h8-9,12-13H,2-7,10-11H2,1H3,(H,20,21). The van der Waals surface area contributed by atoms with E-state index >= 15 is 0 Å². The average molecular weight is 288 g/mol. The van der Waals surface area contributed by atoms with Crippen LogP contribution in [0.15, 0.2) is 12.1 Å². The number of aromatic carboxylic acids is 1. The lowest BCUT2D eigenvalue weighted by atomic mass is 10.1. The van der Waals surface area contributed by atoms with Crippen molar-refractivity contribution in [1.29, 1.82) is 0 Å². The van der Waals surface area contributed by atoms with E-state index in [1.54, 1.807) is 12.1 Å². The van der Waals surface area contributed by atoms with Gasteiger partial charge in [0.25, 0.3) is 0 Å². The molecule has 1 N–H and O–H groups in total. The van der Waals surface area contributed by atoms with Crippen molar-refractivity contribution in [3.05, 3.63) is 23.4 Å². The zero-order valence-corrected chi connectivity index (χ0v) is 12.7. The summed E-state index contributed by atoms with van der Waals surface area (Å²) in [6.45, 7) is 4.18. The Balaban J connectivity index is 1.85. The fourth-order valence-electron chi connectivity index (χ4n) is 2.73. The zero-order chi connectivity index (χ0) is 14.8. The summed E-state index contributed by atoms with van der Waals surface area (Å²) in [7, 11) is 0. The molecular formula is C17H24N2O2. The highest BCUT2D eigenvalue weighted by atomic mass is 16.4. The third-order valence-electron chi connectivity index (χ3n) is 4.29. The van der Waals surface area contributed by atoms with Gasteiger partial charge in [-0.05, 0) is 56.1 Å². The maximum Gasteiger partial charge on any atom is 0.335 e. The van der Waals surface area contributed by atoms with Gasteiger partial charge in [-0.1, -0.05) is 13.3 Å². The highest BCUT2D eigenvalue weighted by molar-refractivity contribution is 5.88. The van der Waals surface area contributed by atoms with Gasteiger partial charge in [-0.3, -0.25) is 0 Å². The Morgan fingerprint density at radius 3 is 2.33 bits per heavy atom. The van der Waals surface area contributed by atoms with E-state index in [-0.39, 0.29) is 0 Å². The van der Waals surface area contributed by atoms with Gasteiger partial charge in [0.15, 0.2) is 0 Å². The van der Waals surface area contributed by atoms with Crippen LogP contribution in [0.1, 0.15) is 55.1 Å². The molecule has 0 saturated heterocycles. The molecule has 2 fully saturated rings. The van der Waals surface area contributed by atoms with Crippen molar-refractivity contribution in [1.82, 2.24) is 4.98 Å². The van der Waals surface area contributed by atoms with Crippen LogP contribution in [-0.4, -0.2) is 29.1 Å². The van der Waals surface area contributed by atoms with Crippen LogP contribution in [0, 0.1) is 11.8 Å². The van der Waals surface area contributed by atoms with Crippen molar-refractivity contribution in [2.75, 3.05) is 18.0 Å². The molecule has 0 bridgehead atoms. The molecule has 0 amide bonds. The lowest BCUT2D eigenvalue weighted by Crippen LogP contribution is -2.29. The van der Waals surface area contributed by atoms with E-state index in [9.17, 15) is 9.90 Å². The molecule has 2 aliphatic rings. The fraction of sp³-hybridized carbons (Fsp3) is 0.647. The molecule has 2 saturated carbocycles. The summed E-state index contributed by atoms with van der Waals surface area (Å²) >= 11 is 0. The molecule has 1 aromatic heterocycles. The number of hydrogen-bond acceptors (Lipinski definition) is 3. The predicted octanol–water partition coefficient (Wildman–Crippen LogP) is 3.36. The molecule has 1 heterocycles. The van der Waals surface area contributed by atoms with Gasteiger partial charge in [0, 0.05) is 18.8 Å². The molecular weight excluding hydrogens is 264 g/mol. The van der Waals surface area contributed by atoms with Crippen LogP contribution in [0.2, 0.25) is 0 Å². The minimum absolute atomic E-state index is 0.375. The number of carbonyl (C=O) groups is 1. The maximum absolute atomic E-state index is 11.4. The number of anilines is 1. The van der Waals surface area contributed by atoms with E-state index in [1.165, 1.54) is 25.7 Å². The van der Waals surface area contributed by atoms with Gasteiger partial charge < -0.3 is 10.0 Å². The fourth-order valence-corrected chi connectivity index (χ4v) is 2.73. The maximum atomic E-state index is 11.4. The van der Waals surface area contributed by atoms with Crippen LogP contribution >= 0.6 is 0 Å². The molecule has 0 aromatic carbocycles. The summed E-state index contributed by atoms with van der Waals surface area (Å²) in [5.41, 5.74) is 1.28. The molecule has 4 nitrogen and oxygen atoms in total. The summed E-state index contributed by atoms with van der Waals surface area (Å²) in [6, 6.07) is 3.48. The van der Waals surface area contributed by atoms with Crippen LogP contribution in [0.3, 0.4) is 0 Å². The van der Waals surface area contributed by atoms with E-state index in [0.717, 1.165) is 49.3 Å². The first-order chi connectivity index (χ1) is 10.2. The van der Waals surface area contributed by atoms with Crippen LogP contribution in [0.5, 0.6) is 0 Å². The number of nitrogens with zero attached hydrogens (tertiary/aromatic N) is 2. The van der Waals surface area contributed by atoms with Crippen molar-refractivity contribution in [3.8, 4) is 0 Å². The number of rotatable bonds is 8. The van der Waals surface area contributed by atoms with Crippen molar-refractivity contribution in [2.45, 2.75) is 45.4 Å². The number of aryl methyl sites for hydroxylation is 1. The summed E-state index contributed by atoms with van der Waals surface area (Å²) in [5, 5.41) is 9.33. The smallest absolute Gasteiger partial charge is 0.335 e. The number of aromatic nitrogens is 1. The number of hydrogen-bond donors (Lipinski definition) is 1. The van der Waals surface area contributed by atoms with Crippen LogP contribution in [0.25, 0.3) is 0 Å². The summed E-state index contributed by atoms with van der Waals surface area (Å²) in [5.74, 6) is 1.59. The summed E-state index contributed by atoms with van der Waals surface area (Å²) < 4.78 is 0. The van der Waals surface area contributed by atoms with Gasteiger partial charge in [0.1, 0.15) is 5.82 Å². The quantitative estimate of drug-likeness (QED) is 0.797. The van der Waals surface area contributed by atoms with Gasteiger partial charge in [-0.25, -0.2) is 9.78 Å². The molecule has 0 atom stereocenters. The van der Waals surface area contributed by atoms with E-state index in [1.807, 2.05) is 0 Å². The van der Waals surface area contributed by atoms with E-state index in [4.69, 9.17) is 4.98 Å². The second-order valence-corrected chi connectivity index (χ2v) is 6.55. The number of carboxylic acid groups (broad SMARTS) is 1. The first kappa shape index (κ1) is 14.4. The monoisotopic (exact) mass is 288 g/mol. The van der Waals surface area contributed by atoms with E-state index in [0.29, 0.717) is 5.56 Å². The molecule has 0 aliphatic heterocycles. The summed E-state index contributed by atoms with van der Waals surface area (Å²) in [6.07, 6.45) is 7.06. The number of pyridine rings is 1. The van der Waals surface area contributed by atoms with Gasteiger partial charge in [0.2, 0.25) is 0 Å². The predicted molar refractivity (Wildman–Crippen MR) is 82.9 cm³/mol. The minimum Gasteiger partial charge on any atom is -0.478 e. The van der Waals surface area contributed by atoms with Crippen LogP contribution in [0.4, 0.5) is 5.82 Å². The van der Waals surface area contributed by atoms with Gasteiger partial charge in [-0.15, -0.1) is 0 Å². The zero-order valence-electron chi connectivity index (χ0n) is 12.7. The number of carboxylic acids is 1. The Labute approximate surface area is 126 Å². The summed E-state index contributed by atoms with van der Waals surface area (Å²) in [4.78, 5) is 18.4. The normalized spacial score (nSPS) is 17.8. The molecule has 2 aliphatic carbocycles. The Bertz CT molecular complexity index is 508. The van der Waals surface area contributed by atoms with Gasteiger partial charge in [-0.2, -0.15) is 0 Å². The van der Waals surface area contributed by atoms with Crippen molar-refractivity contribution in [2.24, 2.45) is 11.8 Å². The minimum atomic E-state index is -0.853. The first-order valence-electron chi connectivity index (χ1n) is 8.15.